The van der Waals surface area contributed by atoms with Crippen LogP contribution in [0.15, 0.2) is 48.5 Å². The van der Waals surface area contributed by atoms with Crippen molar-refractivity contribution in [2.45, 2.75) is 25.8 Å². The van der Waals surface area contributed by atoms with Gasteiger partial charge in [-0.1, -0.05) is 12.1 Å². The van der Waals surface area contributed by atoms with Gasteiger partial charge < -0.3 is 9.47 Å². The minimum atomic E-state index is -0.811. The average molecular weight is 397 g/mol. The molecule has 0 radical (unpaired) electrons. The second kappa shape index (κ2) is 9.20. The van der Waals surface area contributed by atoms with Crippen molar-refractivity contribution in [3.8, 4) is 11.5 Å². The molecule has 1 atom stereocenters. The van der Waals surface area contributed by atoms with Crippen LogP contribution in [-0.4, -0.2) is 37.5 Å². The van der Waals surface area contributed by atoms with E-state index in [4.69, 9.17) is 9.47 Å². The summed E-state index contributed by atoms with van der Waals surface area (Å²) in [7, 11) is 1.57. The van der Waals surface area contributed by atoms with E-state index in [9.17, 15) is 14.4 Å². The number of benzene rings is 2. The summed E-state index contributed by atoms with van der Waals surface area (Å²) in [4.78, 5) is 38.2. The Morgan fingerprint density at radius 3 is 2.34 bits per heavy atom. The third-order valence-electron chi connectivity index (χ3n) is 4.46. The lowest BCUT2D eigenvalue weighted by atomic mass is 10.1. The molecule has 1 fully saturated rings. The first kappa shape index (κ1) is 20.3. The first-order chi connectivity index (χ1) is 14.0. The largest absolute Gasteiger partial charge is 0.497 e. The van der Waals surface area contributed by atoms with Gasteiger partial charge in [0.2, 0.25) is 11.8 Å². The molecule has 2 aromatic carbocycles. The lowest BCUT2D eigenvalue weighted by molar-refractivity contribution is -0.122. The van der Waals surface area contributed by atoms with Crippen molar-refractivity contribution in [2.24, 2.45) is 0 Å². The monoisotopic (exact) mass is 397 g/mol. The topological polar surface area (TPSA) is 97.0 Å². The Bertz CT molecular complexity index is 880. The normalized spacial score (nSPS) is 16.1. The lowest BCUT2D eigenvalue weighted by Gasteiger charge is -2.16. The summed E-state index contributed by atoms with van der Waals surface area (Å²) in [6.07, 6.45) is 0.101. The van der Waals surface area contributed by atoms with E-state index in [-0.39, 0.29) is 24.7 Å². The molecule has 0 saturated carbocycles. The molecule has 0 bridgehead atoms. The smallest absolute Gasteiger partial charge is 0.253 e. The minimum absolute atomic E-state index is 0.0329. The van der Waals surface area contributed by atoms with Gasteiger partial charge in [0, 0.05) is 0 Å². The van der Waals surface area contributed by atoms with Gasteiger partial charge >= 0.3 is 0 Å². The molecule has 29 heavy (non-hydrogen) atoms. The summed E-state index contributed by atoms with van der Waals surface area (Å²) in [6, 6.07) is 13.0. The molecule has 0 aliphatic carbocycles. The van der Waals surface area contributed by atoms with Crippen LogP contribution < -0.4 is 25.2 Å². The van der Waals surface area contributed by atoms with Crippen LogP contribution in [-0.2, 0) is 20.8 Å². The zero-order valence-electron chi connectivity index (χ0n) is 16.3. The maximum absolute atomic E-state index is 12.6. The molecule has 0 aromatic heterocycles. The van der Waals surface area contributed by atoms with E-state index in [0.29, 0.717) is 23.8 Å². The number of nitrogens with one attached hydrogen (secondary N) is 2. The van der Waals surface area contributed by atoms with Gasteiger partial charge in [-0.2, -0.15) is 0 Å². The van der Waals surface area contributed by atoms with Gasteiger partial charge in [0.1, 0.15) is 17.5 Å². The molecule has 1 saturated heterocycles. The van der Waals surface area contributed by atoms with E-state index in [2.05, 4.69) is 10.9 Å². The first-order valence-electron chi connectivity index (χ1n) is 9.28. The Morgan fingerprint density at radius 2 is 1.72 bits per heavy atom. The number of hydrazine groups is 1. The van der Waals surface area contributed by atoms with Gasteiger partial charge in [-0.3, -0.25) is 19.8 Å². The fourth-order valence-electron chi connectivity index (χ4n) is 3.01. The van der Waals surface area contributed by atoms with E-state index in [1.807, 2.05) is 6.92 Å². The van der Waals surface area contributed by atoms with Crippen LogP contribution in [0.4, 0.5) is 5.69 Å². The Morgan fingerprint density at radius 1 is 1.07 bits per heavy atom. The summed E-state index contributed by atoms with van der Waals surface area (Å²) in [5.41, 5.74) is 6.46. The second-order valence-electron chi connectivity index (χ2n) is 6.47. The number of methoxy groups -OCH3 is 1. The van der Waals surface area contributed by atoms with E-state index >= 15 is 0 Å². The molecule has 1 heterocycles. The van der Waals surface area contributed by atoms with E-state index in [1.165, 1.54) is 0 Å². The van der Waals surface area contributed by atoms with Crippen molar-refractivity contribution in [1.29, 1.82) is 0 Å². The first-order valence-corrected chi connectivity index (χ1v) is 9.28. The SMILES string of the molecule is CCOc1ccc(N2C(=O)C[C@H](NNC(=O)Cc3ccc(OC)cc3)C2=O)cc1. The van der Waals surface area contributed by atoms with Crippen LogP contribution in [0.5, 0.6) is 11.5 Å². The Labute approximate surface area is 168 Å². The summed E-state index contributed by atoms with van der Waals surface area (Å²) >= 11 is 0. The minimum Gasteiger partial charge on any atom is -0.497 e. The predicted molar refractivity (Wildman–Crippen MR) is 106 cm³/mol. The summed E-state index contributed by atoms with van der Waals surface area (Å²) in [5, 5.41) is 0. The highest BCUT2D eigenvalue weighted by molar-refractivity contribution is 6.22. The molecule has 2 N–H and O–H groups in total. The zero-order chi connectivity index (χ0) is 20.8. The Hall–Kier alpha value is -3.39. The van der Waals surface area contributed by atoms with Gasteiger partial charge in [0.25, 0.3) is 5.91 Å². The highest BCUT2D eigenvalue weighted by Crippen LogP contribution is 2.25. The molecule has 3 amide bonds. The number of carbonyl (C=O) groups excluding carboxylic acids is 3. The van der Waals surface area contributed by atoms with Gasteiger partial charge in [0.05, 0.1) is 32.2 Å². The van der Waals surface area contributed by atoms with Gasteiger partial charge in [-0.05, 0) is 48.9 Å². The van der Waals surface area contributed by atoms with Gasteiger partial charge in [-0.25, -0.2) is 10.3 Å². The maximum atomic E-state index is 12.6. The number of amides is 3. The molecule has 0 spiro atoms. The number of anilines is 1. The fourth-order valence-corrected chi connectivity index (χ4v) is 3.01. The molecule has 0 unspecified atom stereocenters. The van der Waals surface area contributed by atoms with Crippen LogP contribution in [0.3, 0.4) is 0 Å². The van der Waals surface area contributed by atoms with Crippen LogP contribution in [0.25, 0.3) is 0 Å². The number of nitrogens with zero attached hydrogens (tertiary/aromatic N) is 1. The quantitative estimate of drug-likeness (QED) is 0.519. The average Bonchev–Trinajstić information content (AvgIpc) is 3.01. The van der Waals surface area contributed by atoms with Crippen molar-refractivity contribution in [3.05, 3.63) is 54.1 Å². The second-order valence-corrected chi connectivity index (χ2v) is 6.47. The molecule has 1 aliphatic rings. The summed E-state index contributed by atoms with van der Waals surface area (Å²) in [6.45, 7) is 2.41. The number of imide groups is 1. The number of carbonyl (C=O) groups is 3. The molecule has 1 aliphatic heterocycles. The molecular weight excluding hydrogens is 374 g/mol. The van der Waals surface area contributed by atoms with Crippen molar-refractivity contribution in [2.75, 3.05) is 18.6 Å². The Kier molecular flexibility index (Phi) is 6.46. The molecule has 152 valence electrons. The van der Waals surface area contributed by atoms with Gasteiger partial charge in [0.15, 0.2) is 0 Å². The zero-order valence-corrected chi connectivity index (χ0v) is 16.3. The highest BCUT2D eigenvalue weighted by Gasteiger charge is 2.39. The standard InChI is InChI=1S/C21H23N3O5/c1-3-29-17-10-6-15(7-11-17)24-20(26)13-18(21(24)27)22-23-19(25)12-14-4-8-16(28-2)9-5-14/h4-11,18,22H,3,12-13H2,1-2H3,(H,23,25)/t18-/m0/s1. The van der Waals surface area contributed by atoms with Gasteiger partial charge in [-0.15, -0.1) is 0 Å². The third kappa shape index (κ3) is 4.91. The Balaban J connectivity index is 1.55. The van der Waals surface area contributed by atoms with Crippen molar-refractivity contribution >= 4 is 23.4 Å². The summed E-state index contributed by atoms with van der Waals surface area (Å²) in [5.74, 6) is 0.312. The summed E-state index contributed by atoms with van der Waals surface area (Å²) < 4.78 is 10.5. The van der Waals surface area contributed by atoms with E-state index in [1.54, 1.807) is 55.6 Å². The van der Waals surface area contributed by atoms with Crippen molar-refractivity contribution < 1.29 is 23.9 Å². The number of ether oxygens (including phenoxy) is 2. The molecule has 2 aromatic rings. The van der Waals surface area contributed by atoms with Crippen molar-refractivity contribution in [1.82, 2.24) is 10.9 Å². The molecule has 3 rings (SSSR count). The predicted octanol–water partition coefficient (Wildman–Crippen LogP) is 1.59. The molecule has 8 heteroatoms. The fraction of sp³-hybridized carbons (Fsp3) is 0.286. The third-order valence-corrected chi connectivity index (χ3v) is 4.46. The number of hydrogen-bond acceptors (Lipinski definition) is 6. The number of hydrogen-bond donors (Lipinski definition) is 2. The maximum Gasteiger partial charge on any atom is 0.253 e. The van der Waals surface area contributed by atoms with E-state index < -0.39 is 11.9 Å². The van der Waals surface area contributed by atoms with Crippen LogP contribution in [0, 0.1) is 0 Å². The lowest BCUT2D eigenvalue weighted by Crippen LogP contribution is -2.48. The number of rotatable bonds is 8. The highest BCUT2D eigenvalue weighted by atomic mass is 16.5. The molecular formula is C21H23N3O5. The van der Waals surface area contributed by atoms with Crippen molar-refractivity contribution in [3.63, 3.8) is 0 Å². The van der Waals surface area contributed by atoms with Crippen LogP contribution in [0.2, 0.25) is 0 Å². The van der Waals surface area contributed by atoms with E-state index in [0.717, 1.165) is 10.5 Å². The van der Waals surface area contributed by atoms with Crippen LogP contribution >= 0.6 is 0 Å². The van der Waals surface area contributed by atoms with Crippen LogP contribution in [0.1, 0.15) is 18.9 Å². The molecule has 8 nitrogen and oxygen atoms in total.